The number of benzene rings is 1. The molecule has 0 spiro atoms. The van der Waals surface area contributed by atoms with E-state index in [1.807, 2.05) is 6.92 Å². The maximum absolute atomic E-state index is 14.6. The third-order valence-corrected chi connectivity index (χ3v) is 6.18. The van der Waals surface area contributed by atoms with E-state index in [2.05, 4.69) is 15.4 Å². The van der Waals surface area contributed by atoms with Gasteiger partial charge in [0.05, 0.1) is 34.1 Å². The summed E-state index contributed by atoms with van der Waals surface area (Å²) >= 11 is 2.52. The summed E-state index contributed by atoms with van der Waals surface area (Å²) in [4.78, 5) is 22.7. The lowest BCUT2D eigenvalue weighted by atomic mass is 10.1. The molecular formula is C18H20F2N6O2S2. The van der Waals surface area contributed by atoms with Crippen molar-refractivity contribution in [2.75, 3.05) is 31.9 Å². The summed E-state index contributed by atoms with van der Waals surface area (Å²) in [7, 11) is 3.30. The van der Waals surface area contributed by atoms with Crippen molar-refractivity contribution < 1.29 is 18.3 Å². The number of hydrogen-bond acceptors (Lipinski definition) is 9. The molecule has 2 heterocycles. The first kappa shape index (κ1) is 22.0. The quantitative estimate of drug-likeness (QED) is 0.285. The van der Waals surface area contributed by atoms with E-state index in [0.29, 0.717) is 10.7 Å². The highest BCUT2D eigenvalue weighted by Crippen LogP contribution is 2.38. The number of rotatable bonds is 7. The highest BCUT2D eigenvalue weighted by atomic mass is 32.1. The molecule has 160 valence electrons. The molecule has 0 bridgehead atoms. The summed E-state index contributed by atoms with van der Waals surface area (Å²) < 4.78 is 34.1. The van der Waals surface area contributed by atoms with E-state index in [9.17, 15) is 13.6 Å². The number of carbonyl (C=O) groups is 1. The van der Waals surface area contributed by atoms with Gasteiger partial charge in [0.25, 0.3) is 0 Å². The number of aryl methyl sites for hydroxylation is 1. The minimum Gasteiger partial charge on any atom is -0.395 e. The topological polar surface area (TPSA) is 119 Å². The highest BCUT2D eigenvalue weighted by Gasteiger charge is 2.20. The van der Waals surface area contributed by atoms with Gasteiger partial charge in [-0.25, -0.2) is 18.7 Å². The number of hydrazine groups is 1. The minimum absolute atomic E-state index is 0.0400. The number of nitrogens with zero attached hydrogens (tertiary/aromatic N) is 3. The first-order valence-corrected chi connectivity index (χ1v) is 10.4. The van der Waals surface area contributed by atoms with Gasteiger partial charge in [0, 0.05) is 19.5 Å². The molecule has 0 fully saturated rings. The number of halogens is 2. The zero-order valence-electron chi connectivity index (χ0n) is 16.5. The predicted molar refractivity (Wildman–Crippen MR) is 114 cm³/mol. The lowest BCUT2D eigenvalue weighted by molar-refractivity contribution is -0.133. The molecule has 2 aromatic heterocycles. The molecule has 8 nitrogen and oxygen atoms in total. The molecule has 1 aromatic carbocycles. The molecule has 12 heteroatoms. The predicted octanol–water partition coefficient (Wildman–Crippen LogP) is 2.99. The number of ether oxygens (including phenoxy) is 1. The Morgan fingerprint density at radius 3 is 2.73 bits per heavy atom. The van der Waals surface area contributed by atoms with Crippen molar-refractivity contribution in [3.8, 4) is 21.1 Å². The van der Waals surface area contributed by atoms with E-state index in [4.69, 9.17) is 16.3 Å². The molecule has 3 rings (SSSR count). The Morgan fingerprint density at radius 1 is 1.33 bits per heavy atom. The SMILES string of the molecule is Cc1nc(COCC(=O)N(C)C)sc1-c1csc(-c2cc(F)c(NN)c(N)c2F)n1. The maximum atomic E-state index is 14.6. The van der Waals surface area contributed by atoms with Crippen LogP contribution in [-0.4, -0.2) is 41.5 Å². The van der Waals surface area contributed by atoms with Crippen LogP contribution in [0.3, 0.4) is 0 Å². The van der Waals surface area contributed by atoms with Crippen molar-refractivity contribution in [2.45, 2.75) is 13.5 Å². The van der Waals surface area contributed by atoms with Gasteiger partial charge in [-0.15, -0.1) is 22.7 Å². The van der Waals surface area contributed by atoms with E-state index >= 15 is 0 Å². The van der Waals surface area contributed by atoms with E-state index in [1.165, 1.54) is 16.2 Å². The Kier molecular flexibility index (Phi) is 6.61. The summed E-state index contributed by atoms with van der Waals surface area (Å²) in [5, 5.41) is 2.70. The number of thiazole rings is 2. The molecule has 30 heavy (non-hydrogen) atoms. The van der Waals surface area contributed by atoms with Crippen molar-refractivity contribution in [3.63, 3.8) is 0 Å². The molecule has 0 unspecified atom stereocenters. The average molecular weight is 455 g/mol. The zero-order chi connectivity index (χ0) is 22.0. The normalized spacial score (nSPS) is 11.0. The van der Waals surface area contributed by atoms with Gasteiger partial charge in [0.2, 0.25) is 5.91 Å². The number of nitrogens with two attached hydrogens (primary N) is 2. The van der Waals surface area contributed by atoms with Crippen molar-refractivity contribution in [1.29, 1.82) is 0 Å². The smallest absolute Gasteiger partial charge is 0.248 e. The van der Waals surface area contributed by atoms with Crippen molar-refractivity contribution >= 4 is 40.0 Å². The molecule has 1 amide bonds. The fourth-order valence-electron chi connectivity index (χ4n) is 2.56. The number of aromatic nitrogens is 2. The van der Waals surface area contributed by atoms with Gasteiger partial charge >= 0.3 is 0 Å². The second kappa shape index (κ2) is 9.00. The zero-order valence-corrected chi connectivity index (χ0v) is 18.1. The van der Waals surface area contributed by atoms with Crippen LogP contribution in [0.5, 0.6) is 0 Å². The summed E-state index contributed by atoms with van der Waals surface area (Å²) in [5.41, 5.74) is 8.24. The van der Waals surface area contributed by atoms with Crippen LogP contribution in [0.15, 0.2) is 11.4 Å². The van der Waals surface area contributed by atoms with Gasteiger partial charge < -0.3 is 20.8 Å². The number of nitrogens with one attached hydrogen (secondary N) is 1. The van der Waals surface area contributed by atoms with Gasteiger partial charge in [0.1, 0.15) is 22.3 Å². The first-order valence-electron chi connectivity index (χ1n) is 8.67. The van der Waals surface area contributed by atoms with Crippen LogP contribution >= 0.6 is 22.7 Å². The maximum Gasteiger partial charge on any atom is 0.248 e. The van der Waals surface area contributed by atoms with E-state index in [-0.39, 0.29) is 35.4 Å². The summed E-state index contributed by atoms with van der Waals surface area (Å²) in [6.45, 7) is 1.97. The van der Waals surface area contributed by atoms with E-state index in [1.54, 1.807) is 19.5 Å². The Bertz CT molecular complexity index is 1080. The number of carbonyl (C=O) groups excluding carboxylic acids is 1. The van der Waals surface area contributed by atoms with Gasteiger partial charge in [0.15, 0.2) is 11.6 Å². The molecule has 0 atom stereocenters. The summed E-state index contributed by atoms with van der Waals surface area (Å²) in [5.74, 6) is 3.47. The summed E-state index contributed by atoms with van der Waals surface area (Å²) in [6, 6.07) is 1.00. The van der Waals surface area contributed by atoms with Crippen molar-refractivity contribution in [3.05, 3.63) is 33.8 Å². The van der Waals surface area contributed by atoms with Crippen molar-refractivity contribution in [2.24, 2.45) is 5.84 Å². The lowest BCUT2D eigenvalue weighted by Crippen LogP contribution is -2.26. The van der Waals surface area contributed by atoms with Crippen molar-refractivity contribution in [1.82, 2.24) is 14.9 Å². The molecule has 0 aliphatic heterocycles. The molecule has 0 saturated heterocycles. The Morgan fingerprint density at radius 2 is 2.07 bits per heavy atom. The second-order valence-electron chi connectivity index (χ2n) is 6.49. The van der Waals surface area contributed by atoms with Crippen LogP contribution in [0, 0.1) is 18.6 Å². The van der Waals surface area contributed by atoms with Crippen LogP contribution in [0.1, 0.15) is 10.7 Å². The Balaban J connectivity index is 1.82. The van der Waals surface area contributed by atoms with Crippen LogP contribution in [-0.2, 0) is 16.1 Å². The minimum atomic E-state index is -0.800. The number of nitrogen functional groups attached to an aromatic ring is 2. The van der Waals surface area contributed by atoms with Gasteiger partial charge in [-0.05, 0) is 13.0 Å². The fraction of sp³-hybridized carbons (Fsp3) is 0.278. The summed E-state index contributed by atoms with van der Waals surface area (Å²) in [6.07, 6.45) is 0. The molecular weight excluding hydrogens is 434 g/mol. The third kappa shape index (κ3) is 4.41. The van der Waals surface area contributed by atoms with E-state index < -0.39 is 17.3 Å². The fourth-order valence-corrected chi connectivity index (χ4v) is 4.41. The lowest BCUT2D eigenvalue weighted by Gasteiger charge is -2.09. The molecule has 5 N–H and O–H groups in total. The van der Waals surface area contributed by atoms with Gasteiger partial charge in [-0.2, -0.15) is 0 Å². The number of anilines is 2. The molecule has 0 aliphatic carbocycles. The number of amides is 1. The standard InChI is InChI=1S/C18H20F2N6O2S2/c1-8-17(30-12(23-8)5-28-6-13(27)26(2)3)11-7-29-18(24-11)9-4-10(19)16(25-22)15(21)14(9)20/h4,7,25H,5-6,21-22H2,1-3H3. The van der Waals surface area contributed by atoms with Crippen LogP contribution in [0.25, 0.3) is 21.1 Å². The molecule has 0 radical (unpaired) electrons. The average Bonchev–Trinajstić information content (AvgIpc) is 3.31. The number of hydrogen-bond donors (Lipinski definition) is 3. The second-order valence-corrected chi connectivity index (χ2v) is 8.44. The van der Waals surface area contributed by atoms with Gasteiger partial charge in [-0.3, -0.25) is 10.6 Å². The monoisotopic (exact) mass is 454 g/mol. The molecule has 0 saturated carbocycles. The molecule has 3 aromatic rings. The molecule has 0 aliphatic rings. The van der Waals surface area contributed by atoms with Crippen LogP contribution < -0.4 is 17.0 Å². The third-order valence-electron chi connectivity index (χ3n) is 4.15. The van der Waals surface area contributed by atoms with Gasteiger partial charge in [-0.1, -0.05) is 0 Å². The Labute approximate surface area is 179 Å². The number of likely N-dealkylation sites (N-methyl/N-ethyl adjacent to an activating group) is 1. The largest absolute Gasteiger partial charge is 0.395 e. The highest BCUT2D eigenvalue weighted by molar-refractivity contribution is 7.16. The van der Waals surface area contributed by atoms with Crippen LogP contribution in [0.4, 0.5) is 20.2 Å². The van der Waals surface area contributed by atoms with Crippen LogP contribution in [0.2, 0.25) is 0 Å². The first-order chi connectivity index (χ1) is 14.2. The van der Waals surface area contributed by atoms with E-state index in [0.717, 1.165) is 28.0 Å². The Hall–Kier alpha value is -2.67.